The van der Waals surface area contributed by atoms with E-state index in [1.54, 1.807) is 11.3 Å². The molecule has 0 saturated heterocycles. The Balaban J connectivity index is 2.41. The first kappa shape index (κ1) is 12.3. The molecule has 0 spiro atoms. The molecule has 0 unspecified atom stereocenters. The summed E-state index contributed by atoms with van der Waals surface area (Å²) in [4.78, 5) is 16.0. The van der Waals surface area contributed by atoms with Crippen LogP contribution >= 0.6 is 22.7 Å². The van der Waals surface area contributed by atoms with Crippen LogP contribution in [-0.2, 0) is 6.42 Å². The lowest BCUT2D eigenvalue weighted by molar-refractivity contribution is 0.0700. The van der Waals surface area contributed by atoms with Gasteiger partial charge in [-0.15, -0.1) is 11.3 Å². The summed E-state index contributed by atoms with van der Waals surface area (Å²) in [5.41, 5.74) is 1.72. The average Bonchev–Trinajstić information content (AvgIpc) is 2.82. The van der Waals surface area contributed by atoms with Crippen LogP contribution in [0, 0.1) is 5.92 Å². The van der Waals surface area contributed by atoms with E-state index in [4.69, 9.17) is 5.11 Å². The number of rotatable bonds is 4. The molecule has 1 N–H and O–H groups in total. The van der Waals surface area contributed by atoms with Crippen LogP contribution < -0.4 is 0 Å². The van der Waals surface area contributed by atoms with Gasteiger partial charge in [-0.2, -0.15) is 11.3 Å². The van der Waals surface area contributed by atoms with E-state index < -0.39 is 5.97 Å². The van der Waals surface area contributed by atoms with Gasteiger partial charge in [-0.25, -0.2) is 9.78 Å². The topological polar surface area (TPSA) is 50.2 Å². The number of carboxylic acids is 1. The third-order valence-electron chi connectivity index (χ3n) is 2.26. The Morgan fingerprint density at radius 1 is 1.53 bits per heavy atom. The fourth-order valence-electron chi connectivity index (χ4n) is 1.55. The van der Waals surface area contributed by atoms with Gasteiger partial charge in [0.1, 0.15) is 9.88 Å². The molecule has 0 saturated carbocycles. The molecular weight excluding hydrogens is 254 g/mol. The molecule has 5 heteroatoms. The molecule has 2 aromatic heterocycles. The van der Waals surface area contributed by atoms with Crippen LogP contribution in [0.3, 0.4) is 0 Å². The zero-order valence-electron chi connectivity index (χ0n) is 9.64. The Kier molecular flexibility index (Phi) is 3.59. The summed E-state index contributed by atoms with van der Waals surface area (Å²) < 4.78 is 0. The summed E-state index contributed by atoms with van der Waals surface area (Å²) in [6.07, 6.45) is 0.711. The molecule has 90 valence electrons. The SMILES string of the molecule is CC(C)Cc1nc(-c2ccsc2)sc1C(=O)O. The van der Waals surface area contributed by atoms with Gasteiger partial charge in [-0.05, 0) is 23.8 Å². The fourth-order valence-corrected chi connectivity index (χ4v) is 3.20. The average molecular weight is 267 g/mol. The van der Waals surface area contributed by atoms with E-state index in [1.165, 1.54) is 11.3 Å². The van der Waals surface area contributed by atoms with Crippen LogP contribution in [0.15, 0.2) is 16.8 Å². The first-order valence-electron chi connectivity index (χ1n) is 5.33. The molecule has 2 rings (SSSR count). The number of thiophene rings is 1. The van der Waals surface area contributed by atoms with Crippen molar-refractivity contribution >= 4 is 28.6 Å². The minimum absolute atomic E-state index is 0.375. The van der Waals surface area contributed by atoms with Gasteiger partial charge in [0.05, 0.1) is 5.69 Å². The predicted octanol–water partition coefficient (Wildman–Crippen LogP) is 3.77. The van der Waals surface area contributed by atoms with Gasteiger partial charge in [-0.3, -0.25) is 0 Å². The number of aromatic carboxylic acids is 1. The zero-order chi connectivity index (χ0) is 12.4. The molecule has 3 nitrogen and oxygen atoms in total. The van der Waals surface area contributed by atoms with E-state index in [0.29, 0.717) is 22.9 Å². The van der Waals surface area contributed by atoms with E-state index in [1.807, 2.05) is 16.8 Å². The van der Waals surface area contributed by atoms with Crippen LogP contribution in [0.2, 0.25) is 0 Å². The normalized spacial score (nSPS) is 11.0. The maximum atomic E-state index is 11.2. The molecule has 0 atom stereocenters. The van der Waals surface area contributed by atoms with Gasteiger partial charge in [-0.1, -0.05) is 13.8 Å². The molecule has 0 bridgehead atoms. The second-order valence-electron chi connectivity index (χ2n) is 4.21. The highest BCUT2D eigenvalue weighted by Crippen LogP contribution is 2.30. The molecule has 0 aliphatic carbocycles. The van der Waals surface area contributed by atoms with Crippen molar-refractivity contribution in [3.8, 4) is 10.6 Å². The Bertz CT molecular complexity index is 515. The van der Waals surface area contributed by atoms with Crippen LogP contribution in [-0.4, -0.2) is 16.1 Å². The maximum Gasteiger partial charge on any atom is 0.347 e. The minimum Gasteiger partial charge on any atom is -0.477 e. The van der Waals surface area contributed by atoms with Gasteiger partial charge in [0, 0.05) is 10.9 Å². The molecule has 0 aromatic carbocycles. The van der Waals surface area contributed by atoms with E-state index in [2.05, 4.69) is 18.8 Å². The van der Waals surface area contributed by atoms with Gasteiger partial charge in [0.25, 0.3) is 0 Å². The van der Waals surface area contributed by atoms with Crippen LogP contribution in [0.5, 0.6) is 0 Å². The van der Waals surface area contributed by atoms with Crippen molar-refractivity contribution in [2.24, 2.45) is 5.92 Å². The Labute approximate surface area is 108 Å². The number of hydrogen-bond acceptors (Lipinski definition) is 4. The molecule has 0 radical (unpaired) electrons. The lowest BCUT2D eigenvalue weighted by atomic mass is 10.1. The van der Waals surface area contributed by atoms with Crippen LogP contribution in [0.1, 0.15) is 29.2 Å². The molecule has 0 amide bonds. The summed E-state index contributed by atoms with van der Waals surface area (Å²) in [6, 6.07) is 1.97. The van der Waals surface area contributed by atoms with E-state index in [9.17, 15) is 4.79 Å². The quantitative estimate of drug-likeness (QED) is 0.917. The summed E-state index contributed by atoms with van der Waals surface area (Å²) in [5, 5.41) is 13.9. The Hall–Kier alpha value is -1.20. The van der Waals surface area contributed by atoms with Crippen molar-refractivity contribution in [2.45, 2.75) is 20.3 Å². The number of thiazole rings is 1. The third kappa shape index (κ3) is 2.73. The molecule has 2 heterocycles. The van der Waals surface area contributed by atoms with Crippen molar-refractivity contribution in [3.05, 3.63) is 27.4 Å². The molecule has 17 heavy (non-hydrogen) atoms. The van der Waals surface area contributed by atoms with Crippen molar-refractivity contribution in [2.75, 3.05) is 0 Å². The van der Waals surface area contributed by atoms with Crippen molar-refractivity contribution in [1.82, 2.24) is 4.98 Å². The Morgan fingerprint density at radius 2 is 2.29 bits per heavy atom. The molecule has 0 aliphatic heterocycles. The summed E-state index contributed by atoms with van der Waals surface area (Å²) in [6.45, 7) is 4.13. The minimum atomic E-state index is -0.875. The summed E-state index contributed by atoms with van der Waals surface area (Å²) in [7, 11) is 0. The smallest absolute Gasteiger partial charge is 0.347 e. The van der Waals surface area contributed by atoms with Gasteiger partial charge < -0.3 is 5.11 Å². The standard InChI is InChI=1S/C12H13NO2S2/c1-7(2)5-9-10(12(14)15)17-11(13-9)8-3-4-16-6-8/h3-4,6-7H,5H2,1-2H3,(H,14,15). The number of hydrogen-bond donors (Lipinski definition) is 1. The molecular formula is C12H13NO2S2. The third-order valence-corrected chi connectivity index (χ3v) is 4.08. The van der Waals surface area contributed by atoms with Crippen molar-refractivity contribution in [1.29, 1.82) is 0 Å². The maximum absolute atomic E-state index is 11.2. The van der Waals surface area contributed by atoms with E-state index >= 15 is 0 Å². The number of carbonyl (C=O) groups is 1. The van der Waals surface area contributed by atoms with E-state index in [0.717, 1.165) is 10.6 Å². The lowest BCUT2D eigenvalue weighted by Gasteiger charge is -2.01. The van der Waals surface area contributed by atoms with Crippen molar-refractivity contribution < 1.29 is 9.90 Å². The second kappa shape index (κ2) is 4.98. The monoisotopic (exact) mass is 267 g/mol. The lowest BCUT2D eigenvalue weighted by Crippen LogP contribution is -2.02. The predicted molar refractivity (Wildman–Crippen MR) is 70.9 cm³/mol. The van der Waals surface area contributed by atoms with Gasteiger partial charge in [0.2, 0.25) is 0 Å². The molecule has 0 fully saturated rings. The van der Waals surface area contributed by atoms with Crippen LogP contribution in [0.25, 0.3) is 10.6 Å². The summed E-state index contributed by atoms with van der Waals surface area (Å²) in [5.74, 6) is -0.467. The summed E-state index contributed by atoms with van der Waals surface area (Å²) >= 11 is 2.85. The number of aromatic nitrogens is 1. The number of carboxylic acid groups (broad SMARTS) is 1. The highest BCUT2D eigenvalue weighted by atomic mass is 32.1. The van der Waals surface area contributed by atoms with Crippen LogP contribution in [0.4, 0.5) is 0 Å². The first-order valence-corrected chi connectivity index (χ1v) is 7.09. The molecule has 0 aliphatic rings. The zero-order valence-corrected chi connectivity index (χ0v) is 11.3. The van der Waals surface area contributed by atoms with E-state index in [-0.39, 0.29) is 0 Å². The molecule has 2 aromatic rings. The Morgan fingerprint density at radius 3 is 2.82 bits per heavy atom. The fraction of sp³-hybridized carbons (Fsp3) is 0.333. The van der Waals surface area contributed by atoms with Gasteiger partial charge >= 0.3 is 5.97 Å². The van der Waals surface area contributed by atoms with Crippen molar-refractivity contribution in [3.63, 3.8) is 0 Å². The highest BCUT2D eigenvalue weighted by Gasteiger charge is 2.18. The van der Waals surface area contributed by atoms with Gasteiger partial charge in [0.15, 0.2) is 0 Å². The first-order chi connectivity index (χ1) is 8.08. The highest BCUT2D eigenvalue weighted by molar-refractivity contribution is 7.17. The second-order valence-corrected chi connectivity index (χ2v) is 5.99. The number of nitrogens with zero attached hydrogens (tertiary/aromatic N) is 1. The largest absolute Gasteiger partial charge is 0.477 e.